The predicted octanol–water partition coefficient (Wildman–Crippen LogP) is 2.79. The lowest BCUT2D eigenvalue weighted by molar-refractivity contribution is -0.151. The van der Waals surface area contributed by atoms with Crippen molar-refractivity contribution < 1.29 is 38.1 Å². The Morgan fingerprint density at radius 1 is 1.05 bits per heavy atom. The molecule has 202 valence electrons. The van der Waals surface area contributed by atoms with E-state index in [-0.39, 0.29) is 49.2 Å². The third-order valence-corrected chi connectivity index (χ3v) is 6.66. The van der Waals surface area contributed by atoms with Gasteiger partial charge in [-0.25, -0.2) is 0 Å². The van der Waals surface area contributed by atoms with Crippen LogP contribution in [0.25, 0.3) is 0 Å². The normalized spacial score (nSPS) is 15.4. The number of anilines is 1. The van der Waals surface area contributed by atoms with Crippen LogP contribution in [-0.4, -0.2) is 75.0 Å². The van der Waals surface area contributed by atoms with Crippen molar-refractivity contribution in [1.29, 1.82) is 0 Å². The molecular weight excluding hydrogens is 492 g/mol. The average Bonchev–Trinajstić information content (AvgIpc) is 2.93. The Morgan fingerprint density at radius 3 is 2.53 bits per heavy atom. The highest BCUT2D eigenvalue weighted by molar-refractivity contribution is 6.04. The van der Waals surface area contributed by atoms with Gasteiger partial charge in [0.2, 0.25) is 5.91 Å². The number of piperidine rings is 1. The molecule has 2 heterocycles. The smallest absolute Gasteiger partial charge is 0.309 e. The quantitative estimate of drug-likeness (QED) is 0.364. The van der Waals surface area contributed by atoms with E-state index in [4.69, 9.17) is 18.9 Å². The Hall–Kier alpha value is -4.08. The van der Waals surface area contributed by atoms with E-state index < -0.39 is 0 Å². The second-order valence-corrected chi connectivity index (χ2v) is 9.22. The van der Waals surface area contributed by atoms with Crippen LogP contribution in [-0.2, 0) is 19.1 Å². The van der Waals surface area contributed by atoms with E-state index in [2.05, 4.69) is 0 Å². The molecule has 0 aromatic heterocycles. The van der Waals surface area contributed by atoms with Crippen LogP contribution in [0.5, 0.6) is 17.2 Å². The van der Waals surface area contributed by atoms with E-state index in [1.165, 1.54) is 12.0 Å². The Bertz CT molecular complexity index is 1220. The number of carbonyl (C=O) groups excluding carboxylic acids is 4. The second-order valence-electron chi connectivity index (χ2n) is 9.22. The van der Waals surface area contributed by atoms with Gasteiger partial charge < -0.3 is 23.8 Å². The molecule has 0 aliphatic carbocycles. The molecule has 0 radical (unpaired) electrons. The first-order chi connectivity index (χ1) is 18.3. The molecule has 2 aliphatic rings. The van der Waals surface area contributed by atoms with Crippen molar-refractivity contribution >= 4 is 29.3 Å². The predicted molar refractivity (Wildman–Crippen MR) is 138 cm³/mol. The van der Waals surface area contributed by atoms with Crippen LogP contribution in [0, 0.1) is 12.8 Å². The second kappa shape index (κ2) is 12.0. The Balaban J connectivity index is 1.42. The Labute approximate surface area is 221 Å². The molecule has 2 aliphatic heterocycles. The van der Waals surface area contributed by atoms with Gasteiger partial charge in [-0.3, -0.25) is 24.1 Å². The molecule has 0 atom stereocenters. The molecule has 10 heteroatoms. The van der Waals surface area contributed by atoms with Crippen LogP contribution in [0.15, 0.2) is 36.4 Å². The van der Waals surface area contributed by atoms with Crippen LogP contribution in [0.1, 0.15) is 35.7 Å². The number of esters is 1. The fourth-order valence-electron chi connectivity index (χ4n) is 4.53. The minimum atomic E-state index is -0.377. The first kappa shape index (κ1) is 27.0. The zero-order chi connectivity index (χ0) is 27.2. The molecule has 0 saturated carbocycles. The number of fused-ring (bicyclic) bond motifs is 1. The van der Waals surface area contributed by atoms with Crippen molar-refractivity contribution in [3.05, 3.63) is 47.5 Å². The van der Waals surface area contributed by atoms with Crippen LogP contribution < -0.4 is 19.1 Å². The van der Waals surface area contributed by atoms with Gasteiger partial charge in [0, 0.05) is 18.7 Å². The molecule has 2 aromatic carbocycles. The zero-order valence-electron chi connectivity index (χ0n) is 21.9. The number of benzene rings is 2. The summed E-state index contributed by atoms with van der Waals surface area (Å²) in [6.45, 7) is 4.21. The van der Waals surface area contributed by atoms with Crippen molar-refractivity contribution in [3.8, 4) is 17.2 Å². The highest BCUT2D eigenvalue weighted by Crippen LogP contribution is 2.34. The molecule has 38 heavy (non-hydrogen) atoms. The Morgan fingerprint density at radius 2 is 1.82 bits per heavy atom. The summed E-state index contributed by atoms with van der Waals surface area (Å²) in [4.78, 5) is 53.7. The largest absolute Gasteiger partial charge is 0.493 e. The van der Waals surface area contributed by atoms with Crippen molar-refractivity contribution in [2.45, 2.75) is 26.7 Å². The van der Waals surface area contributed by atoms with Gasteiger partial charge in [-0.2, -0.15) is 0 Å². The number of ketones is 1. The number of Topliss-reactive ketones (excluding diaryl/α,β-unsaturated/α-hetero) is 1. The number of nitrogens with zero attached hydrogens (tertiary/aromatic N) is 2. The molecule has 2 amide bonds. The maximum absolute atomic E-state index is 13.1. The lowest BCUT2D eigenvalue weighted by Gasteiger charge is -2.34. The lowest BCUT2D eigenvalue weighted by atomic mass is 9.97. The average molecular weight is 525 g/mol. The summed E-state index contributed by atoms with van der Waals surface area (Å²) >= 11 is 0. The highest BCUT2D eigenvalue weighted by atomic mass is 16.5. The molecule has 0 spiro atoms. The summed E-state index contributed by atoms with van der Waals surface area (Å²) in [6.07, 6.45) is 1.03. The fourth-order valence-corrected chi connectivity index (χ4v) is 4.53. The van der Waals surface area contributed by atoms with Gasteiger partial charge in [-0.1, -0.05) is 6.07 Å². The fraction of sp³-hybridized carbons (Fsp3) is 0.429. The number of hydrogen-bond acceptors (Lipinski definition) is 8. The van der Waals surface area contributed by atoms with Crippen LogP contribution in [0.2, 0.25) is 0 Å². The number of rotatable bonds is 9. The highest BCUT2D eigenvalue weighted by Gasteiger charge is 2.32. The third kappa shape index (κ3) is 6.07. The summed E-state index contributed by atoms with van der Waals surface area (Å²) in [7, 11) is 1.53. The van der Waals surface area contributed by atoms with E-state index >= 15 is 0 Å². The summed E-state index contributed by atoms with van der Waals surface area (Å²) < 4.78 is 21.6. The first-order valence-electron chi connectivity index (χ1n) is 12.6. The maximum atomic E-state index is 13.1. The monoisotopic (exact) mass is 524 g/mol. The van der Waals surface area contributed by atoms with Gasteiger partial charge in [0.1, 0.15) is 12.3 Å². The van der Waals surface area contributed by atoms with Gasteiger partial charge in [0.05, 0.1) is 25.3 Å². The van der Waals surface area contributed by atoms with Crippen molar-refractivity contribution in [3.63, 3.8) is 0 Å². The number of carbonyl (C=O) groups is 4. The van der Waals surface area contributed by atoms with Gasteiger partial charge in [-0.05, 0) is 62.6 Å². The Kier molecular flexibility index (Phi) is 8.50. The van der Waals surface area contributed by atoms with Crippen LogP contribution >= 0.6 is 0 Å². The number of aryl methyl sites for hydroxylation is 1. The minimum Gasteiger partial charge on any atom is -0.493 e. The van der Waals surface area contributed by atoms with Gasteiger partial charge >= 0.3 is 5.97 Å². The van der Waals surface area contributed by atoms with Crippen LogP contribution in [0.3, 0.4) is 0 Å². The van der Waals surface area contributed by atoms with E-state index in [0.717, 1.165) is 5.56 Å². The van der Waals surface area contributed by atoms with E-state index in [0.29, 0.717) is 61.0 Å². The molecule has 2 aromatic rings. The van der Waals surface area contributed by atoms with Crippen LogP contribution in [0.4, 0.5) is 5.69 Å². The van der Waals surface area contributed by atoms with Crippen molar-refractivity contribution in [1.82, 2.24) is 4.90 Å². The summed E-state index contributed by atoms with van der Waals surface area (Å²) in [5.41, 5.74) is 1.67. The van der Waals surface area contributed by atoms with Gasteiger partial charge in [0.25, 0.3) is 5.91 Å². The van der Waals surface area contributed by atoms with E-state index in [1.54, 1.807) is 36.1 Å². The zero-order valence-corrected chi connectivity index (χ0v) is 21.9. The number of hydrogen-bond donors (Lipinski definition) is 0. The third-order valence-electron chi connectivity index (χ3n) is 6.66. The minimum absolute atomic E-state index is 0.187. The molecule has 0 bridgehead atoms. The lowest BCUT2D eigenvalue weighted by Crippen LogP contribution is -2.49. The SMILES string of the molecule is CCOC(=O)C1CCN(C(=O)CN2C(=O)COc3ccc(C(=O)COc4ccc(C)cc4OC)cc32)CC1. The molecular formula is C28H32N2O8. The van der Waals surface area contributed by atoms with Gasteiger partial charge in [-0.15, -0.1) is 0 Å². The molecule has 4 rings (SSSR count). The van der Waals surface area contributed by atoms with E-state index in [9.17, 15) is 19.2 Å². The number of amides is 2. The molecule has 1 saturated heterocycles. The summed E-state index contributed by atoms with van der Waals surface area (Å²) in [5.74, 6) is 0.00812. The van der Waals surface area contributed by atoms with Crippen molar-refractivity contribution in [2.75, 3.05) is 51.5 Å². The summed E-state index contributed by atoms with van der Waals surface area (Å²) in [5, 5.41) is 0. The standard InChI is InChI=1S/C28H32N2O8/c1-4-36-28(34)19-9-11-29(12-10-19)26(32)15-30-21-14-20(6-8-23(21)38-17-27(30)33)22(31)16-37-24-7-5-18(2)13-25(24)35-3/h5-8,13-14,19H,4,9-12,15-17H2,1-3H3. The number of ether oxygens (including phenoxy) is 4. The molecule has 10 nitrogen and oxygen atoms in total. The first-order valence-corrected chi connectivity index (χ1v) is 12.6. The molecule has 0 N–H and O–H groups in total. The van der Waals surface area contributed by atoms with Crippen molar-refractivity contribution in [2.24, 2.45) is 5.92 Å². The molecule has 0 unspecified atom stereocenters. The maximum Gasteiger partial charge on any atom is 0.309 e. The van der Waals surface area contributed by atoms with E-state index in [1.807, 2.05) is 19.1 Å². The summed E-state index contributed by atoms with van der Waals surface area (Å²) in [6, 6.07) is 10.2. The molecule has 1 fully saturated rings. The number of likely N-dealkylation sites (tertiary alicyclic amines) is 1. The topological polar surface area (TPSA) is 112 Å². The number of methoxy groups -OCH3 is 1. The van der Waals surface area contributed by atoms with Gasteiger partial charge in [0.15, 0.2) is 30.5 Å².